The number of anilines is 1. The molecule has 1 heterocycles. The van der Waals surface area contributed by atoms with Crippen LogP contribution in [0.5, 0.6) is 0 Å². The van der Waals surface area contributed by atoms with E-state index in [0.29, 0.717) is 40.5 Å². The van der Waals surface area contributed by atoms with Crippen LogP contribution in [0, 0.1) is 5.82 Å². The fourth-order valence-electron chi connectivity index (χ4n) is 3.19. The van der Waals surface area contributed by atoms with E-state index in [2.05, 4.69) is 4.98 Å². The fourth-order valence-corrected chi connectivity index (χ4v) is 5.42. The monoisotopic (exact) mass is 528 g/mol. The van der Waals surface area contributed by atoms with Gasteiger partial charge in [-0.05, 0) is 63.0 Å². The van der Waals surface area contributed by atoms with Crippen molar-refractivity contribution in [3.05, 3.63) is 53.8 Å². The number of nitrogens with zero attached hydrogens (tertiary/aromatic N) is 4. The van der Waals surface area contributed by atoms with Gasteiger partial charge in [-0.25, -0.2) is 22.1 Å². The molecule has 3 rings (SSSR count). The molecule has 0 radical (unpaired) electrons. The molecule has 0 bridgehead atoms. The van der Waals surface area contributed by atoms with E-state index in [0.717, 1.165) is 12.8 Å². The Morgan fingerprint density at radius 2 is 1.71 bits per heavy atom. The predicted molar refractivity (Wildman–Crippen MR) is 138 cm³/mol. The van der Waals surface area contributed by atoms with E-state index >= 15 is 0 Å². The lowest BCUT2D eigenvalue weighted by Crippen LogP contribution is -2.36. The Labute approximate surface area is 210 Å². The lowest BCUT2D eigenvalue weighted by Gasteiger charge is -2.22. The summed E-state index contributed by atoms with van der Waals surface area (Å²) < 4.78 is 41.1. The molecule has 186 valence electrons. The number of hydrogen-bond donors (Lipinski definition) is 0. The van der Waals surface area contributed by atoms with Gasteiger partial charge in [0.2, 0.25) is 10.0 Å². The van der Waals surface area contributed by atoms with Crippen molar-refractivity contribution < 1.29 is 17.6 Å². The molecule has 0 atom stereocenters. The van der Waals surface area contributed by atoms with Crippen LogP contribution in [0.4, 0.5) is 9.52 Å². The number of carbonyl (C=O) groups is 1. The first-order chi connectivity index (χ1) is 15.6. The van der Waals surface area contributed by atoms with Gasteiger partial charge in [0.05, 0.1) is 15.1 Å². The van der Waals surface area contributed by atoms with Gasteiger partial charge in [-0.3, -0.25) is 9.69 Å². The van der Waals surface area contributed by atoms with Crippen molar-refractivity contribution in [3.63, 3.8) is 0 Å². The van der Waals surface area contributed by atoms with Crippen molar-refractivity contribution in [2.45, 2.75) is 24.7 Å². The number of thiazole rings is 1. The van der Waals surface area contributed by atoms with E-state index in [9.17, 15) is 17.6 Å². The minimum atomic E-state index is -3.61. The highest BCUT2D eigenvalue weighted by Crippen LogP contribution is 2.30. The minimum Gasteiger partial charge on any atom is -0.308 e. The van der Waals surface area contributed by atoms with Gasteiger partial charge >= 0.3 is 0 Å². The Kier molecular flexibility index (Phi) is 9.96. The molecule has 0 spiro atoms. The van der Waals surface area contributed by atoms with Crippen molar-refractivity contribution in [1.82, 2.24) is 14.2 Å². The first-order valence-corrected chi connectivity index (χ1v) is 13.0. The number of halogens is 2. The van der Waals surface area contributed by atoms with Gasteiger partial charge < -0.3 is 4.90 Å². The summed E-state index contributed by atoms with van der Waals surface area (Å²) in [5.74, 6) is -0.649. The van der Waals surface area contributed by atoms with Crippen molar-refractivity contribution >= 4 is 55.0 Å². The van der Waals surface area contributed by atoms with Crippen LogP contribution in [0.2, 0.25) is 0 Å². The first-order valence-electron chi connectivity index (χ1n) is 10.7. The van der Waals surface area contributed by atoms with E-state index in [4.69, 9.17) is 0 Å². The Bertz CT molecular complexity index is 1220. The number of amides is 1. The second-order valence-corrected chi connectivity index (χ2v) is 11.1. The number of unbranched alkanes of at least 4 members (excludes halogenated alkanes) is 1. The Hall–Kier alpha value is -2.11. The van der Waals surface area contributed by atoms with Crippen molar-refractivity contribution in [3.8, 4) is 0 Å². The Morgan fingerprint density at radius 1 is 1.03 bits per heavy atom. The molecule has 1 aromatic heterocycles. The zero-order valence-electron chi connectivity index (χ0n) is 19.7. The van der Waals surface area contributed by atoms with Gasteiger partial charge in [-0.15, -0.1) is 12.4 Å². The molecule has 0 saturated carbocycles. The molecule has 1 amide bonds. The molecule has 3 aromatic rings. The molecule has 0 fully saturated rings. The highest BCUT2D eigenvalue weighted by Gasteiger charge is 2.24. The van der Waals surface area contributed by atoms with Gasteiger partial charge in [0.15, 0.2) is 5.13 Å². The van der Waals surface area contributed by atoms with Crippen LogP contribution >= 0.6 is 23.7 Å². The molecule has 34 heavy (non-hydrogen) atoms. The number of rotatable bonds is 10. The molecule has 11 heteroatoms. The molecular weight excluding hydrogens is 499 g/mol. The van der Waals surface area contributed by atoms with Gasteiger partial charge in [0, 0.05) is 32.2 Å². The SMILES string of the molecule is CCCCN(C)S(=O)(=O)c1ccc(C(=O)N(CCN(C)C)c2nc3ccc(F)cc3s2)cc1.Cl. The summed E-state index contributed by atoms with van der Waals surface area (Å²) >= 11 is 1.25. The van der Waals surface area contributed by atoms with Crippen molar-refractivity contribution in [1.29, 1.82) is 0 Å². The van der Waals surface area contributed by atoms with Gasteiger partial charge in [0.1, 0.15) is 5.82 Å². The third-order valence-electron chi connectivity index (χ3n) is 5.22. The molecule has 0 saturated heterocycles. The van der Waals surface area contributed by atoms with E-state index < -0.39 is 10.0 Å². The number of aromatic nitrogens is 1. The summed E-state index contributed by atoms with van der Waals surface area (Å²) in [6.07, 6.45) is 1.67. The minimum absolute atomic E-state index is 0. The third-order valence-corrected chi connectivity index (χ3v) is 8.13. The van der Waals surface area contributed by atoms with Crippen LogP contribution in [0.15, 0.2) is 47.4 Å². The van der Waals surface area contributed by atoms with Crippen LogP contribution in [0.3, 0.4) is 0 Å². The molecule has 7 nitrogen and oxygen atoms in total. The van der Waals surface area contributed by atoms with Crippen LogP contribution < -0.4 is 4.90 Å². The molecule has 0 N–H and O–H groups in total. The molecule has 0 unspecified atom stereocenters. The van der Waals surface area contributed by atoms with Crippen molar-refractivity contribution in [2.75, 3.05) is 45.7 Å². The van der Waals surface area contributed by atoms with Gasteiger partial charge in [-0.1, -0.05) is 24.7 Å². The van der Waals surface area contributed by atoms with E-state index in [1.807, 2.05) is 25.9 Å². The quantitative estimate of drug-likeness (QED) is 0.388. The zero-order chi connectivity index (χ0) is 24.2. The molecule has 0 aliphatic heterocycles. The lowest BCUT2D eigenvalue weighted by atomic mass is 10.2. The summed E-state index contributed by atoms with van der Waals surface area (Å²) in [7, 11) is 1.76. The maximum Gasteiger partial charge on any atom is 0.260 e. The normalized spacial score (nSPS) is 11.7. The second kappa shape index (κ2) is 12.0. The summed E-state index contributed by atoms with van der Waals surface area (Å²) in [5.41, 5.74) is 0.977. The average Bonchev–Trinajstić information content (AvgIpc) is 3.19. The standard InChI is InChI=1S/C23H29FN4O3S2.ClH/c1-5-6-13-27(4)33(30,31)19-10-7-17(8-11-19)22(29)28(15-14-26(2)3)23-25-20-12-9-18(24)16-21(20)32-23;/h7-12,16H,5-6,13-15H2,1-4H3;1H. The average molecular weight is 529 g/mol. The molecular formula is C23H30ClFN4O3S2. The number of carbonyl (C=O) groups excluding carboxylic acids is 1. The fraction of sp³-hybridized carbons (Fsp3) is 0.391. The predicted octanol–water partition coefficient (Wildman–Crippen LogP) is 4.49. The molecule has 0 aliphatic rings. The van der Waals surface area contributed by atoms with E-state index in [1.54, 1.807) is 18.0 Å². The summed E-state index contributed by atoms with van der Waals surface area (Å²) in [5, 5.41) is 0.471. The smallest absolute Gasteiger partial charge is 0.260 e. The van der Waals surface area contributed by atoms with Crippen molar-refractivity contribution in [2.24, 2.45) is 0 Å². The second-order valence-electron chi connectivity index (χ2n) is 8.07. The van der Waals surface area contributed by atoms with E-state index in [-0.39, 0.29) is 29.0 Å². The zero-order valence-corrected chi connectivity index (χ0v) is 22.1. The van der Waals surface area contributed by atoms with E-state index in [1.165, 1.54) is 52.0 Å². The summed E-state index contributed by atoms with van der Waals surface area (Å²) in [4.78, 5) is 21.6. The number of sulfonamides is 1. The lowest BCUT2D eigenvalue weighted by molar-refractivity contribution is 0.0985. The highest BCUT2D eigenvalue weighted by molar-refractivity contribution is 7.89. The van der Waals surface area contributed by atoms with Gasteiger partial charge in [0.25, 0.3) is 5.91 Å². The largest absolute Gasteiger partial charge is 0.308 e. The molecule has 2 aromatic carbocycles. The van der Waals surface area contributed by atoms with Crippen LogP contribution in [-0.4, -0.2) is 69.3 Å². The number of benzene rings is 2. The summed E-state index contributed by atoms with van der Waals surface area (Å²) in [6, 6.07) is 10.3. The van der Waals surface area contributed by atoms with Gasteiger partial charge in [-0.2, -0.15) is 0 Å². The molecule has 0 aliphatic carbocycles. The maximum absolute atomic E-state index is 13.6. The highest BCUT2D eigenvalue weighted by atomic mass is 35.5. The van der Waals surface area contributed by atoms with Crippen LogP contribution in [0.1, 0.15) is 30.1 Å². The Morgan fingerprint density at radius 3 is 2.32 bits per heavy atom. The third kappa shape index (κ3) is 6.51. The number of hydrogen-bond acceptors (Lipinski definition) is 6. The maximum atomic E-state index is 13.6. The number of likely N-dealkylation sites (N-methyl/N-ethyl adjacent to an activating group) is 1. The van der Waals surface area contributed by atoms with Crippen LogP contribution in [-0.2, 0) is 10.0 Å². The Balaban J connectivity index is 0.00000408. The van der Waals surface area contributed by atoms with Crippen LogP contribution in [0.25, 0.3) is 10.2 Å². The summed E-state index contributed by atoms with van der Waals surface area (Å²) in [6.45, 7) is 3.43. The topological polar surface area (TPSA) is 73.8 Å². The number of fused-ring (bicyclic) bond motifs is 1. The first kappa shape index (κ1) is 28.1.